The summed E-state index contributed by atoms with van der Waals surface area (Å²) in [6.45, 7) is 3.85. The molecule has 126 valence electrons. The van der Waals surface area contributed by atoms with Crippen LogP contribution in [0.25, 0.3) is 0 Å². The molecule has 5 heterocycles. The molecule has 2 aromatic heterocycles. The Kier molecular flexibility index (Phi) is 4.20. The predicted octanol–water partition coefficient (Wildman–Crippen LogP) is 0.191. The Labute approximate surface area is 140 Å². The van der Waals surface area contributed by atoms with E-state index in [1.54, 1.807) is 0 Å². The molecule has 1 amide bonds. The third-order valence-electron chi connectivity index (χ3n) is 4.91. The molecule has 0 aromatic carbocycles. The van der Waals surface area contributed by atoms with Crippen LogP contribution in [0.15, 0.2) is 30.7 Å². The number of piperidine rings is 1. The summed E-state index contributed by atoms with van der Waals surface area (Å²) in [5.74, 6) is 0.641. The van der Waals surface area contributed by atoms with Gasteiger partial charge in [0.05, 0.1) is 5.69 Å². The average Bonchev–Trinajstić information content (AvgIpc) is 2.95. The first-order valence-electron chi connectivity index (χ1n) is 8.40. The highest BCUT2D eigenvalue weighted by atomic mass is 16.2. The van der Waals surface area contributed by atoms with Crippen molar-refractivity contribution in [1.82, 2.24) is 35.0 Å². The fourth-order valence-electron chi connectivity index (χ4n) is 3.82. The molecule has 8 heteroatoms. The van der Waals surface area contributed by atoms with Gasteiger partial charge in [0.25, 0.3) is 0 Å². The summed E-state index contributed by atoms with van der Waals surface area (Å²) in [6, 6.07) is 6.30. The van der Waals surface area contributed by atoms with Gasteiger partial charge in [0, 0.05) is 38.4 Å². The van der Waals surface area contributed by atoms with Gasteiger partial charge in [-0.25, -0.2) is 4.68 Å². The van der Waals surface area contributed by atoms with Crippen molar-refractivity contribution < 1.29 is 4.79 Å². The Hall–Kier alpha value is -2.35. The highest BCUT2D eigenvalue weighted by Gasteiger charge is 2.37. The number of aromatic nitrogens is 5. The maximum atomic E-state index is 12.7. The SMILES string of the molecule is O=C(Cn1cnnn1)N1C[C@H]2CC[C@@H]1CN(Cc1ccccn1)C2. The summed E-state index contributed by atoms with van der Waals surface area (Å²) in [5, 5.41) is 11.0. The van der Waals surface area contributed by atoms with Gasteiger partial charge in [-0.3, -0.25) is 14.7 Å². The molecule has 0 saturated carbocycles. The van der Waals surface area contributed by atoms with Crippen LogP contribution in [0.1, 0.15) is 18.5 Å². The van der Waals surface area contributed by atoms with Gasteiger partial charge in [0.15, 0.2) is 0 Å². The third kappa shape index (κ3) is 3.28. The second-order valence-corrected chi connectivity index (χ2v) is 6.67. The van der Waals surface area contributed by atoms with Crippen LogP contribution in [-0.2, 0) is 17.9 Å². The molecule has 5 rings (SSSR count). The lowest BCUT2D eigenvalue weighted by Crippen LogP contribution is -2.48. The zero-order chi connectivity index (χ0) is 16.4. The molecule has 0 aliphatic carbocycles. The van der Waals surface area contributed by atoms with Gasteiger partial charge in [0.2, 0.25) is 5.91 Å². The Balaban J connectivity index is 1.43. The van der Waals surface area contributed by atoms with Crippen LogP contribution < -0.4 is 0 Å². The van der Waals surface area contributed by atoms with Crippen LogP contribution in [-0.4, -0.2) is 66.6 Å². The summed E-state index contributed by atoms with van der Waals surface area (Å²) in [7, 11) is 0. The summed E-state index contributed by atoms with van der Waals surface area (Å²) >= 11 is 0. The number of tetrazole rings is 1. The zero-order valence-electron chi connectivity index (χ0n) is 13.5. The summed E-state index contributed by atoms with van der Waals surface area (Å²) in [6.07, 6.45) is 5.59. The molecule has 0 radical (unpaired) electrons. The number of amides is 1. The molecule has 3 saturated heterocycles. The number of nitrogens with zero attached hydrogens (tertiary/aromatic N) is 7. The normalized spacial score (nSPS) is 24.1. The van der Waals surface area contributed by atoms with Gasteiger partial charge >= 0.3 is 0 Å². The maximum absolute atomic E-state index is 12.7. The standard InChI is InChI=1S/C16H21N7O/c24-16(11-22-12-18-19-20-22)23-8-13-4-5-15(23)10-21(7-13)9-14-3-1-2-6-17-14/h1-3,6,12-13,15H,4-5,7-11H2/t13-,15+/m0/s1. The monoisotopic (exact) mass is 327 g/mol. The van der Waals surface area contributed by atoms with Crippen molar-refractivity contribution in [2.45, 2.75) is 32.0 Å². The van der Waals surface area contributed by atoms with E-state index in [0.29, 0.717) is 5.92 Å². The summed E-state index contributed by atoms with van der Waals surface area (Å²) < 4.78 is 1.49. The van der Waals surface area contributed by atoms with Gasteiger partial charge in [-0.1, -0.05) is 6.07 Å². The van der Waals surface area contributed by atoms with Crippen LogP contribution >= 0.6 is 0 Å². The number of hydrogen-bond donors (Lipinski definition) is 0. The van der Waals surface area contributed by atoms with Crippen molar-refractivity contribution in [1.29, 1.82) is 0 Å². The van der Waals surface area contributed by atoms with E-state index in [1.807, 2.05) is 23.2 Å². The van der Waals surface area contributed by atoms with E-state index < -0.39 is 0 Å². The minimum Gasteiger partial charge on any atom is -0.336 e. The molecule has 3 fully saturated rings. The predicted molar refractivity (Wildman–Crippen MR) is 85.6 cm³/mol. The second-order valence-electron chi connectivity index (χ2n) is 6.67. The maximum Gasteiger partial charge on any atom is 0.244 e. The highest BCUT2D eigenvalue weighted by molar-refractivity contribution is 5.76. The van der Waals surface area contributed by atoms with Gasteiger partial charge in [-0.05, 0) is 41.3 Å². The van der Waals surface area contributed by atoms with Crippen LogP contribution in [0, 0.1) is 5.92 Å². The molecule has 2 bridgehead atoms. The van der Waals surface area contributed by atoms with E-state index in [2.05, 4.69) is 31.5 Å². The van der Waals surface area contributed by atoms with Crippen molar-refractivity contribution in [3.63, 3.8) is 0 Å². The van der Waals surface area contributed by atoms with Gasteiger partial charge in [0.1, 0.15) is 12.9 Å². The van der Waals surface area contributed by atoms with Gasteiger partial charge in [-0.2, -0.15) is 0 Å². The van der Waals surface area contributed by atoms with E-state index >= 15 is 0 Å². The van der Waals surface area contributed by atoms with Gasteiger partial charge < -0.3 is 4.90 Å². The minimum atomic E-state index is 0.108. The summed E-state index contributed by atoms with van der Waals surface area (Å²) in [5.41, 5.74) is 1.09. The van der Waals surface area contributed by atoms with Crippen molar-refractivity contribution in [3.8, 4) is 0 Å². The fourth-order valence-corrected chi connectivity index (χ4v) is 3.82. The van der Waals surface area contributed by atoms with E-state index in [9.17, 15) is 4.79 Å². The van der Waals surface area contributed by atoms with Crippen LogP contribution in [0.3, 0.4) is 0 Å². The lowest BCUT2D eigenvalue weighted by Gasteiger charge is -2.36. The van der Waals surface area contributed by atoms with Gasteiger partial charge in [-0.15, -0.1) is 5.10 Å². The molecule has 0 N–H and O–H groups in total. The largest absolute Gasteiger partial charge is 0.336 e. The zero-order valence-corrected chi connectivity index (χ0v) is 13.5. The second kappa shape index (κ2) is 6.64. The first-order valence-corrected chi connectivity index (χ1v) is 8.40. The smallest absolute Gasteiger partial charge is 0.244 e. The van der Waals surface area contributed by atoms with Crippen molar-refractivity contribution in [2.75, 3.05) is 19.6 Å². The molecule has 24 heavy (non-hydrogen) atoms. The molecule has 0 spiro atoms. The van der Waals surface area contributed by atoms with Crippen molar-refractivity contribution in [2.24, 2.45) is 5.92 Å². The molecule has 3 aliphatic heterocycles. The summed E-state index contributed by atoms with van der Waals surface area (Å²) in [4.78, 5) is 21.6. The number of fused-ring (bicyclic) bond motifs is 4. The first kappa shape index (κ1) is 15.2. The number of rotatable bonds is 4. The van der Waals surface area contributed by atoms with Crippen LogP contribution in [0.5, 0.6) is 0 Å². The number of carbonyl (C=O) groups excluding carboxylic acids is 1. The topological polar surface area (TPSA) is 80.0 Å². The van der Waals surface area contributed by atoms with E-state index in [1.165, 1.54) is 17.4 Å². The highest BCUT2D eigenvalue weighted by Crippen LogP contribution is 2.28. The van der Waals surface area contributed by atoms with Crippen molar-refractivity contribution >= 4 is 5.91 Å². The minimum absolute atomic E-state index is 0.108. The van der Waals surface area contributed by atoms with E-state index in [0.717, 1.165) is 38.3 Å². The molecule has 2 aromatic rings. The number of hydrogen-bond acceptors (Lipinski definition) is 6. The van der Waals surface area contributed by atoms with Crippen LogP contribution in [0.2, 0.25) is 0 Å². The first-order chi connectivity index (χ1) is 11.8. The van der Waals surface area contributed by atoms with Crippen molar-refractivity contribution in [3.05, 3.63) is 36.4 Å². The average molecular weight is 327 g/mol. The Morgan fingerprint density at radius 2 is 2.17 bits per heavy atom. The van der Waals surface area contributed by atoms with Crippen LogP contribution in [0.4, 0.5) is 0 Å². The lowest BCUT2D eigenvalue weighted by molar-refractivity contribution is -0.136. The number of carbonyl (C=O) groups is 1. The fraction of sp³-hybridized carbons (Fsp3) is 0.562. The third-order valence-corrected chi connectivity index (χ3v) is 4.91. The van der Waals surface area contributed by atoms with E-state index in [-0.39, 0.29) is 18.5 Å². The quantitative estimate of drug-likeness (QED) is 0.798. The van der Waals surface area contributed by atoms with E-state index in [4.69, 9.17) is 0 Å². The molecule has 3 aliphatic rings. The Morgan fingerprint density at radius 3 is 2.96 bits per heavy atom. The Morgan fingerprint density at radius 1 is 1.21 bits per heavy atom. The number of pyridine rings is 1. The molecule has 2 atom stereocenters. The molecular weight excluding hydrogens is 306 g/mol. The Bertz CT molecular complexity index is 675. The molecular formula is C16H21N7O. The lowest BCUT2D eigenvalue weighted by atomic mass is 9.95. The molecule has 0 unspecified atom stereocenters. The molecule has 8 nitrogen and oxygen atoms in total.